The Bertz CT molecular complexity index is 777. The standard InChI is InChI=1S/C9H8O4.C7H7NO3.Al/c1-6(10)13-8-5-3-2-4-7(8)9(11)12;8-4-1-2-5(7(10)11)6(9)3-4;/h2-5H,1H3,(H,11,12);1-3,9H,8H2,(H,10,11);. The summed E-state index contributed by atoms with van der Waals surface area (Å²) in [5.41, 5.74) is 5.46. The lowest BCUT2D eigenvalue weighted by molar-refractivity contribution is -0.131. The molecule has 2 aromatic carbocycles. The fourth-order valence-electron chi connectivity index (χ4n) is 1.62. The van der Waals surface area contributed by atoms with E-state index < -0.39 is 17.9 Å². The second-order valence-corrected chi connectivity index (χ2v) is 4.48. The number of para-hydroxylation sites is 1. The van der Waals surface area contributed by atoms with Gasteiger partial charge in [0.15, 0.2) is 0 Å². The molecule has 0 spiro atoms. The first-order valence-electron chi connectivity index (χ1n) is 6.55. The number of carboxylic acid groups (broad SMARTS) is 2. The van der Waals surface area contributed by atoms with Crippen molar-refractivity contribution in [3.05, 3.63) is 53.6 Å². The number of carboxylic acids is 2. The van der Waals surface area contributed by atoms with Crippen LogP contribution < -0.4 is 10.5 Å². The van der Waals surface area contributed by atoms with Gasteiger partial charge in [-0.15, -0.1) is 0 Å². The maximum absolute atomic E-state index is 10.6. The summed E-state index contributed by atoms with van der Waals surface area (Å²) in [6, 6.07) is 9.85. The molecule has 0 bridgehead atoms. The summed E-state index contributed by atoms with van der Waals surface area (Å²) in [6.45, 7) is 1.22. The maximum Gasteiger partial charge on any atom is 0.339 e. The predicted octanol–water partition coefficient (Wildman–Crippen LogP) is 1.60. The van der Waals surface area contributed by atoms with E-state index in [0.717, 1.165) is 0 Å². The Hall–Kier alpha value is -3.02. The van der Waals surface area contributed by atoms with Gasteiger partial charge in [-0.05, 0) is 24.3 Å². The van der Waals surface area contributed by atoms with E-state index in [1.807, 2.05) is 0 Å². The second kappa shape index (κ2) is 9.97. The first-order chi connectivity index (χ1) is 11.2. The van der Waals surface area contributed by atoms with Crippen LogP contribution >= 0.6 is 0 Å². The summed E-state index contributed by atoms with van der Waals surface area (Å²) in [7, 11) is 0. The van der Waals surface area contributed by atoms with Crippen molar-refractivity contribution in [2.24, 2.45) is 0 Å². The Kier molecular flexibility index (Phi) is 8.77. The molecule has 0 unspecified atom stereocenters. The van der Waals surface area contributed by atoms with Crippen LogP contribution in [0.25, 0.3) is 0 Å². The smallest absolute Gasteiger partial charge is 0.339 e. The number of nitrogen functional groups attached to an aromatic ring is 1. The molecule has 0 aliphatic rings. The normalized spacial score (nSPS) is 9.00. The quantitative estimate of drug-likeness (QED) is 0.279. The SMILES string of the molecule is CC(=O)Oc1ccccc1C(=O)O.Nc1ccc(C(=O)O)c(O)c1.[Al]. The van der Waals surface area contributed by atoms with Crippen molar-refractivity contribution in [2.45, 2.75) is 6.92 Å². The Labute approximate surface area is 153 Å². The van der Waals surface area contributed by atoms with Crippen molar-refractivity contribution in [1.82, 2.24) is 0 Å². The van der Waals surface area contributed by atoms with Gasteiger partial charge in [0.2, 0.25) is 0 Å². The van der Waals surface area contributed by atoms with Gasteiger partial charge in [0.05, 0.1) is 0 Å². The summed E-state index contributed by atoms with van der Waals surface area (Å²) < 4.78 is 4.69. The van der Waals surface area contributed by atoms with Crippen LogP contribution in [0, 0.1) is 0 Å². The Morgan fingerprint density at radius 2 is 1.52 bits per heavy atom. The fraction of sp³-hybridized carbons (Fsp3) is 0.0625. The number of esters is 1. The van der Waals surface area contributed by atoms with E-state index in [1.54, 1.807) is 12.1 Å². The molecule has 0 saturated heterocycles. The number of carbonyl (C=O) groups excluding carboxylic acids is 1. The molecular weight excluding hydrogens is 345 g/mol. The summed E-state index contributed by atoms with van der Waals surface area (Å²) in [5.74, 6) is -3.05. The summed E-state index contributed by atoms with van der Waals surface area (Å²) in [6.07, 6.45) is 0. The molecular formula is C16H15AlNO7. The molecule has 25 heavy (non-hydrogen) atoms. The van der Waals surface area contributed by atoms with E-state index in [9.17, 15) is 14.4 Å². The van der Waals surface area contributed by atoms with Crippen molar-refractivity contribution in [3.63, 3.8) is 0 Å². The number of benzene rings is 2. The highest BCUT2D eigenvalue weighted by Crippen LogP contribution is 2.19. The van der Waals surface area contributed by atoms with E-state index in [1.165, 1.54) is 37.3 Å². The van der Waals surface area contributed by atoms with Gasteiger partial charge in [-0.3, -0.25) is 4.79 Å². The lowest BCUT2D eigenvalue weighted by Crippen LogP contribution is -2.06. The summed E-state index contributed by atoms with van der Waals surface area (Å²) in [5, 5.41) is 26.1. The molecule has 129 valence electrons. The number of ether oxygens (including phenoxy) is 1. The minimum atomic E-state index is -1.16. The summed E-state index contributed by atoms with van der Waals surface area (Å²) >= 11 is 0. The number of hydrogen-bond acceptors (Lipinski definition) is 6. The van der Waals surface area contributed by atoms with Gasteiger partial charge in [-0.25, -0.2) is 9.59 Å². The van der Waals surface area contributed by atoms with Crippen molar-refractivity contribution in [3.8, 4) is 11.5 Å². The molecule has 2 rings (SSSR count). The van der Waals surface area contributed by atoms with Crippen molar-refractivity contribution in [2.75, 3.05) is 5.73 Å². The van der Waals surface area contributed by atoms with Gasteiger partial charge < -0.3 is 25.8 Å². The molecule has 2 aromatic rings. The molecule has 0 saturated carbocycles. The number of aromatic carboxylic acids is 2. The number of nitrogens with two attached hydrogens (primary N) is 1. The number of carbonyl (C=O) groups is 3. The van der Waals surface area contributed by atoms with Gasteiger partial charge in [0, 0.05) is 36.0 Å². The van der Waals surface area contributed by atoms with Crippen molar-refractivity contribution in [1.29, 1.82) is 0 Å². The van der Waals surface area contributed by atoms with Crippen LogP contribution in [-0.2, 0) is 4.79 Å². The Morgan fingerprint density at radius 1 is 0.960 bits per heavy atom. The molecule has 0 atom stereocenters. The molecule has 0 heterocycles. The number of phenols is 1. The van der Waals surface area contributed by atoms with Crippen LogP contribution in [0.3, 0.4) is 0 Å². The molecule has 0 aliphatic carbocycles. The highest BCUT2D eigenvalue weighted by Gasteiger charge is 2.11. The molecule has 5 N–H and O–H groups in total. The highest BCUT2D eigenvalue weighted by molar-refractivity contribution is 5.92. The lowest BCUT2D eigenvalue weighted by Gasteiger charge is -2.03. The largest absolute Gasteiger partial charge is 0.507 e. The van der Waals surface area contributed by atoms with E-state index in [0.29, 0.717) is 5.69 Å². The van der Waals surface area contributed by atoms with Crippen LogP contribution in [0.1, 0.15) is 27.6 Å². The maximum atomic E-state index is 10.6. The third-order valence-electron chi connectivity index (χ3n) is 2.62. The van der Waals surface area contributed by atoms with Gasteiger partial charge in [-0.1, -0.05) is 12.1 Å². The van der Waals surface area contributed by atoms with Crippen LogP contribution in [0.4, 0.5) is 5.69 Å². The minimum absolute atomic E-state index is 0. The number of rotatable bonds is 3. The lowest BCUT2D eigenvalue weighted by atomic mass is 10.2. The molecule has 0 fully saturated rings. The van der Waals surface area contributed by atoms with E-state index >= 15 is 0 Å². The zero-order valence-electron chi connectivity index (χ0n) is 13.2. The fourth-order valence-corrected chi connectivity index (χ4v) is 1.62. The zero-order chi connectivity index (χ0) is 18.3. The molecule has 3 radical (unpaired) electrons. The molecule has 0 amide bonds. The van der Waals surface area contributed by atoms with Gasteiger partial charge in [0.25, 0.3) is 0 Å². The van der Waals surface area contributed by atoms with Crippen LogP contribution in [0.5, 0.6) is 11.5 Å². The van der Waals surface area contributed by atoms with Gasteiger partial charge in [-0.2, -0.15) is 0 Å². The molecule has 8 nitrogen and oxygen atoms in total. The first kappa shape index (κ1) is 22.0. The van der Waals surface area contributed by atoms with Crippen LogP contribution in [-0.4, -0.2) is 50.6 Å². The molecule has 9 heteroatoms. The minimum Gasteiger partial charge on any atom is -0.507 e. The van der Waals surface area contributed by atoms with E-state index in [4.69, 9.17) is 21.1 Å². The van der Waals surface area contributed by atoms with Gasteiger partial charge in [0.1, 0.15) is 22.6 Å². The average molecular weight is 360 g/mol. The number of hydrogen-bond donors (Lipinski definition) is 4. The van der Waals surface area contributed by atoms with Crippen molar-refractivity contribution >= 4 is 41.0 Å². The van der Waals surface area contributed by atoms with E-state index in [2.05, 4.69) is 4.74 Å². The average Bonchev–Trinajstić information content (AvgIpc) is 2.47. The first-order valence-corrected chi connectivity index (χ1v) is 6.55. The van der Waals surface area contributed by atoms with Crippen LogP contribution in [0.2, 0.25) is 0 Å². The molecule has 0 aromatic heterocycles. The highest BCUT2D eigenvalue weighted by atomic mass is 27.0. The predicted molar refractivity (Wildman–Crippen MR) is 89.9 cm³/mol. The zero-order valence-corrected chi connectivity index (χ0v) is 14.3. The summed E-state index contributed by atoms with van der Waals surface area (Å²) in [4.78, 5) is 31.5. The van der Waals surface area contributed by atoms with E-state index in [-0.39, 0.29) is 40.0 Å². The number of aromatic hydroxyl groups is 1. The monoisotopic (exact) mass is 360 g/mol. The van der Waals surface area contributed by atoms with Crippen LogP contribution in [0.15, 0.2) is 42.5 Å². The third-order valence-corrected chi connectivity index (χ3v) is 2.62. The van der Waals surface area contributed by atoms with Gasteiger partial charge >= 0.3 is 17.9 Å². The van der Waals surface area contributed by atoms with Crippen molar-refractivity contribution < 1.29 is 34.4 Å². The second-order valence-electron chi connectivity index (χ2n) is 4.48. The molecule has 0 aliphatic heterocycles. The third kappa shape index (κ3) is 6.95. The Morgan fingerprint density at radius 3 is 2.00 bits per heavy atom. The number of anilines is 1. The topological polar surface area (TPSA) is 147 Å². The Balaban J connectivity index is 0.000000449.